The number of nitrogens with zero attached hydrogens (tertiary/aromatic N) is 1. The van der Waals surface area contributed by atoms with Gasteiger partial charge in [0.05, 0.1) is 11.1 Å². The monoisotopic (exact) mass is 1070 g/mol. The fraction of sp³-hybridized carbons (Fsp3) is 0.146. The third kappa shape index (κ3) is 7.74. The summed E-state index contributed by atoms with van der Waals surface area (Å²) in [6.45, 7) is 18.8. The lowest BCUT2D eigenvalue weighted by Crippen LogP contribution is -2.27. The van der Waals surface area contributed by atoms with Crippen molar-refractivity contribution < 1.29 is 0 Å². The number of benzene rings is 12. The first-order valence-electron chi connectivity index (χ1n) is 29.7. The minimum Gasteiger partial charge on any atom is -0.310 e. The molecular weight excluding hydrogens is 999 g/mol. The molecule has 0 bridgehead atoms. The van der Waals surface area contributed by atoms with Gasteiger partial charge in [-0.2, -0.15) is 0 Å². The number of hydrogen-bond acceptors (Lipinski definition) is 1. The van der Waals surface area contributed by atoms with Gasteiger partial charge in [0.1, 0.15) is 0 Å². The van der Waals surface area contributed by atoms with Gasteiger partial charge in [-0.15, -0.1) is 0 Å². The van der Waals surface area contributed by atoms with Crippen molar-refractivity contribution >= 4 is 27.8 Å². The zero-order valence-corrected chi connectivity index (χ0v) is 48.8. The van der Waals surface area contributed by atoms with E-state index in [0.717, 1.165) is 17.1 Å². The van der Waals surface area contributed by atoms with Gasteiger partial charge in [0, 0.05) is 22.4 Å². The van der Waals surface area contributed by atoms with E-state index in [2.05, 4.69) is 321 Å². The molecule has 3 aliphatic rings. The lowest BCUT2D eigenvalue weighted by molar-refractivity contribution is 0.586. The Balaban J connectivity index is 0.879. The summed E-state index contributed by atoms with van der Waals surface area (Å²) in [4.78, 5) is 2.47. The van der Waals surface area contributed by atoms with Crippen molar-refractivity contribution in [2.24, 2.45) is 0 Å². The molecule has 0 amide bonds. The minimum absolute atomic E-state index is 0.00463. The molecule has 3 aliphatic carbocycles. The summed E-state index contributed by atoms with van der Waals surface area (Å²) in [7, 11) is 0. The van der Waals surface area contributed by atoms with E-state index in [-0.39, 0.29) is 16.2 Å². The summed E-state index contributed by atoms with van der Waals surface area (Å²) in [5.41, 5.74) is 31.3. The second kappa shape index (κ2) is 18.6. The number of fused-ring (bicyclic) bond motifs is 14. The quantitative estimate of drug-likeness (QED) is 0.154. The van der Waals surface area contributed by atoms with Gasteiger partial charge in [0.25, 0.3) is 0 Å². The fourth-order valence-corrected chi connectivity index (χ4v) is 14.6. The van der Waals surface area contributed by atoms with Gasteiger partial charge < -0.3 is 4.90 Å². The van der Waals surface area contributed by atoms with Gasteiger partial charge in [0.2, 0.25) is 0 Å². The first-order chi connectivity index (χ1) is 40.2. The van der Waals surface area contributed by atoms with E-state index in [1.807, 2.05) is 0 Å². The molecule has 0 atom stereocenters. The van der Waals surface area contributed by atoms with Crippen molar-refractivity contribution in [1.29, 1.82) is 0 Å². The Bertz CT molecular complexity index is 4510. The van der Waals surface area contributed by atoms with E-state index < -0.39 is 5.41 Å². The third-order valence-corrected chi connectivity index (χ3v) is 18.8. The molecule has 1 heteroatoms. The van der Waals surface area contributed by atoms with Crippen molar-refractivity contribution in [1.82, 2.24) is 0 Å². The molecule has 0 saturated carbocycles. The Morgan fingerprint density at radius 1 is 0.289 bits per heavy atom. The molecule has 0 saturated heterocycles. The Hall–Kier alpha value is -9.30. The molecule has 0 N–H and O–H groups in total. The van der Waals surface area contributed by atoms with Gasteiger partial charge in [0.15, 0.2) is 0 Å². The highest BCUT2D eigenvalue weighted by Crippen LogP contribution is 2.64. The summed E-state index contributed by atoms with van der Waals surface area (Å²) >= 11 is 0. The van der Waals surface area contributed by atoms with Crippen LogP contribution in [0.5, 0.6) is 0 Å². The van der Waals surface area contributed by atoms with Crippen LogP contribution in [0.4, 0.5) is 17.1 Å². The second-order valence-corrected chi connectivity index (χ2v) is 26.0. The largest absolute Gasteiger partial charge is 0.310 e. The summed E-state index contributed by atoms with van der Waals surface area (Å²) in [5.74, 6) is 0. The van der Waals surface area contributed by atoms with E-state index >= 15 is 0 Å². The van der Waals surface area contributed by atoms with E-state index in [4.69, 9.17) is 0 Å². The first-order valence-corrected chi connectivity index (χ1v) is 29.7. The van der Waals surface area contributed by atoms with Crippen molar-refractivity contribution in [2.45, 2.75) is 77.0 Å². The number of rotatable bonds is 7. The van der Waals surface area contributed by atoms with Gasteiger partial charge in [-0.05, 0) is 175 Å². The van der Waals surface area contributed by atoms with Crippen molar-refractivity contribution in [3.8, 4) is 77.9 Å². The highest BCUT2D eigenvalue weighted by Gasteiger charge is 2.52. The zero-order valence-electron chi connectivity index (χ0n) is 48.8. The molecule has 0 unspecified atom stereocenters. The molecule has 15 rings (SSSR count). The molecule has 400 valence electrons. The SMILES string of the molecule is CC(C)(C)c1ccc2c(c1)C1(c3ccccc3-c3cc(-c4ccc(N(c5ccc(-c6cccc7cccc(-c8ccccc8)c67)cc5)c5ccccc5-c5cccc6c5-c5ccccc5C6(C)C)cc4)ccc31)c1cc(C(C)(C)C)ccc1-2. The van der Waals surface area contributed by atoms with Gasteiger partial charge in [-0.1, -0.05) is 280 Å². The molecule has 0 radical (unpaired) electrons. The van der Waals surface area contributed by atoms with Crippen molar-refractivity contribution in [3.05, 3.63) is 305 Å². The Kier molecular flexibility index (Phi) is 11.4. The fourth-order valence-electron chi connectivity index (χ4n) is 14.6. The normalized spacial score (nSPS) is 14.0. The van der Waals surface area contributed by atoms with Gasteiger partial charge in [-0.3, -0.25) is 0 Å². The summed E-state index contributed by atoms with van der Waals surface area (Å²) in [6, 6.07) is 98.9. The summed E-state index contributed by atoms with van der Waals surface area (Å²) in [5, 5.41) is 2.50. The van der Waals surface area contributed by atoms with Crippen LogP contribution in [0.2, 0.25) is 0 Å². The van der Waals surface area contributed by atoms with E-state index in [1.54, 1.807) is 0 Å². The van der Waals surface area contributed by atoms with Gasteiger partial charge >= 0.3 is 0 Å². The Morgan fingerprint density at radius 3 is 1.37 bits per heavy atom. The molecule has 0 fully saturated rings. The van der Waals surface area contributed by atoms with Crippen LogP contribution < -0.4 is 4.90 Å². The molecule has 83 heavy (non-hydrogen) atoms. The van der Waals surface area contributed by atoms with Crippen LogP contribution in [0.3, 0.4) is 0 Å². The lowest BCUT2D eigenvalue weighted by atomic mass is 9.68. The molecule has 0 aromatic heterocycles. The highest BCUT2D eigenvalue weighted by atomic mass is 15.1. The van der Waals surface area contributed by atoms with Gasteiger partial charge in [-0.25, -0.2) is 0 Å². The molecule has 1 spiro atoms. The van der Waals surface area contributed by atoms with Crippen LogP contribution in [0.1, 0.15) is 99.9 Å². The van der Waals surface area contributed by atoms with Crippen LogP contribution in [-0.2, 0) is 21.7 Å². The van der Waals surface area contributed by atoms with Crippen LogP contribution in [-0.4, -0.2) is 0 Å². The van der Waals surface area contributed by atoms with E-state index in [0.29, 0.717) is 0 Å². The maximum absolute atomic E-state index is 2.54. The van der Waals surface area contributed by atoms with E-state index in [1.165, 1.54) is 133 Å². The molecule has 12 aromatic carbocycles. The van der Waals surface area contributed by atoms with Crippen molar-refractivity contribution in [2.75, 3.05) is 4.90 Å². The topological polar surface area (TPSA) is 3.24 Å². The van der Waals surface area contributed by atoms with Crippen molar-refractivity contribution in [3.63, 3.8) is 0 Å². The van der Waals surface area contributed by atoms with Crippen LogP contribution in [0.25, 0.3) is 88.7 Å². The van der Waals surface area contributed by atoms with Crippen LogP contribution in [0.15, 0.2) is 261 Å². The molecule has 0 aliphatic heterocycles. The predicted molar refractivity (Wildman–Crippen MR) is 352 cm³/mol. The first kappa shape index (κ1) is 50.6. The number of hydrogen-bond donors (Lipinski definition) is 0. The summed E-state index contributed by atoms with van der Waals surface area (Å²) in [6.07, 6.45) is 0. The standard InChI is InChI=1S/C82H67N/c1-79(2,3)57-40-46-64-65-47-41-58(80(4,5)6)51-75(65)82(74(64)50-57)71-32-16-12-25-63(71)69-49-56(39-48-72(69)82)52-35-42-59(43-36-52)83(76-34-17-14-26-66(76)67-30-20-33-73-78(67)68-27-13-15-31-70(68)81(73,7)8)60-44-37-54(38-45-60)62-29-19-24-55-23-18-28-61(77(55)62)53-21-10-9-11-22-53/h9-51H,1-8H3. The summed E-state index contributed by atoms with van der Waals surface area (Å²) < 4.78 is 0. The van der Waals surface area contributed by atoms with E-state index in [9.17, 15) is 0 Å². The average molecular weight is 1070 g/mol. The molecule has 12 aromatic rings. The maximum atomic E-state index is 2.54. The minimum atomic E-state index is -0.445. The maximum Gasteiger partial charge on any atom is 0.0725 e. The Labute approximate surface area is 490 Å². The smallest absolute Gasteiger partial charge is 0.0725 e. The number of para-hydroxylation sites is 1. The molecule has 1 nitrogen and oxygen atoms in total. The molecule has 0 heterocycles. The molecular formula is C82H67N. The van der Waals surface area contributed by atoms with Crippen LogP contribution >= 0.6 is 0 Å². The lowest BCUT2D eigenvalue weighted by Gasteiger charge is -2.32. The second-order valence-electron chi connectivity index (χ2n) is 26.0. The Morgan fingerprint density at radius 2 is 0.747 bits per heavy atom. The average Bonchev–Trinajstić information content (AvgIpc) is 1.66. The highest BCUT2D eigenvalue weighted by molar-refractivity contribution is 6.07. The zero-order chi connectivity index (χ0) is 56.6. The number of anilines is 3. The predicted octanol–water partition coefficient (Wildman–Crippen LogP) is 22.2. The third-order valence-electron chi connectivity index (χ3n) is 18.8. The van der Waals surface area contributed by atoms with Crippen LogP contribution in [0, 0.1) is 0 Å².